The van der Waals surface area contributed by atoms with E-state index in [0.717, 1.165) is 38.0 Å². The highest BCUT2D eigenvalue weighted by atomic mass is 16.3. The fourth-order valence-corrected chi connectivity index (χ4v) is 4.12. The van der Waals surface area contributed by atoms with Crippen molar-refractivity contribution in [2.45, 2.75) is 31.9 Å². The Bertz CT molecular complexity index is 748. The van der Waals surface area contributed by atoms with Gasteiger partial charge in [-0.25, -0.2) is 0 Å². The van der Waals surface area contributed by atoms with E-state index in [-0.39, 0.29) is 11.3 Å². The Balaban J connectivity index is 1.47. The average Bonchev–Trinajstić information content (AvgIpc) is 2.61. The van der Waals surface area contributed by atoms with Crippen LogP contribution in [0.25, 0.3) is 10.9 Å². The second-order valence-corrected chi connectivity index (χ2v) is 7.12. The first kappa shape index (κ1) is 15.5. The maximum absolute atomic E-state index is 12.3. The van der Waals surface area contributed by atoms with Crippen LogP contribution in [0.15, 0.2) is 36.5 Å². The summed E-state index contributed by atoms with van der Waals surface area (Å²) in [5.74, 6) is 0.124. The molecule has 1 aromatic carbocycles. The molecule has 2 N–H and O–H groups in total. The van der Waals surface area contributed by atoms with Gasteiger partial charge >= 0.3 is 0 Å². The Labute approximate surface area is 141 Å². The molecule has 5 heteroatoms. The molecule has 0 saturated carbocycles. The summed E-state index contributed by atoms with van der Waals surface area (Å²) in [5, 5.41) is 14.0. The average molecular weight is 325 g/mol. The van der Waals surface area contributed by atoms with Crippen molar-refractivity contribution in [3.8, 4) is 0 Å². The van der Waals surface area contributed by atoms with Crippen molar-refractivity contribution >= 4 is 16.8 Å². The number of amides is 1. The molecule has 3 heterocycles. The predicted molar refractivity (Wildman–Crippen MR) is 92.3 cm³/mol. The molecule has 1 unspecified atom stereocenters. The van der Waals surface area contributed by atoms with Crippen molar-refractivity contribution in [1.29, 1.82) is 0 Å². The normalized spacial score (nSPS) is 24.2. The molecule has 4 rings (SSSR count). The second-order valence-electron chi connectivity index (χ2n) is 7.12. The molecule has 5 nitrogen and oxygen atoms in total. The summed E-state index contributed by atoms with van der Waals surface area (Å²) in [6, 6.07) is 10.4. The lowest BCUT2D eigenvalue weighted by molar-refractivity contribution is -0.141. The number of rotatable bonds is 2. The number of carbonyl (C=O) groups is 1. The summed E-state index contributed by atoms with van der Waals surface area (Å²) in [6.07, 6.45) is 3.66. The molecule has 2 aromatic rings. The molecule has 0 bridgehead atoms. The van der Waals surface area contributed by atoms with E-state index in [0.29, 0.717) is 13.0 Å². The first-order valence-electron chi connectivity index (χ1n) is 8.68. The van der Waals surface area contributed by atoms with Crippen molar-refractivity contribution < 1.29 is 9.90 Å². The van der Waals surface area contributed by atoms with Gasteiger partial charge in [0, 0.05) is 24.7 Å². The molecule has 2 fully saturated rings. The first-order chi connectivity index (χ1) is 11.7. The Hall–Kier alpha value is -1.98. The molecule has 1 atom stereocenters. The molecule has 2 saturated heterocycles. The Kier molecular flexibility index (Phi) is 3.98. The molecular weight excluding hydrogens is 302 g/mol. The summed E-state index contributed by atoms with van der Waals surface area (Å²) in [6.45, 7) is 3.01. The van der Waals surface area contributed by atoms with Crippen LogP contribution in [0.4, 0.5) is 0 Å². The number of hydrogen-bond acceptors (Lipinski definition) is 4. The van der Waals surface area contributed by atoms with Crippen LogP contribution in [-0.4, -0.2) is 46.6 Å². The second kappa shape index (κ2) is 6.15. The standard InChI is InChI=1S/C19H23N3O2/c23-16-11-19(18(24)21-12-16)6-9-22(10-7-19)13-15-4-1-3-14-5-2-8-20-17(14)15/h1-5,8,16,23H,6-7,9-13H2,(H,21,24). The molecule has 126 valence electrons. The lowest BCUT2D eigenvalue weighted by Gasteiger charge is -2.44. The number of carbonyl (C=O) groups excluding carboxylic acids is 1. The van der Waals surface area contributed by atoms with Gasteiger partial charge in [-0.05, 0) is 44.0 Å². The van der Waals surface area contributed by atoms with Gasteiger partial charge in [0.15, 0.2) is 0 Å². The number of β-amino-alcohol motifs (C(OH)–C–C–N with tert-alkyl or cyclic N) is 1. The van der Waals surface area contributed by atoms with Crippen molar-refractivity contribution in [2.75, 3.05) is 19.6 Å². The van der Waals surface area contributed by atoms with Gasteiger partial charge < -0.3 is 10.4 Å². The van der Waals surface area contributed by atoms with Crippen LogP contribution in [0.3, 0.4) is 0 Å². The molecule has 24 heavy (non-hydrogen) atoms. The number of aliphatic hydroxyl groups is 1. The lowest BCUT2D eigenvalue weighted by atomic mass is 9.71. The number of aliphatic hydroxyl groups excluding tert-OH is 1. The fourth-order valence-electron chi connectivity index (χ4n) is 4.12. The number of nitrogens with zero attached hydrogens (tertiary/aromatic N) is 2. The number of piperidine rings is 2. The smallest absolute Gasteiger partial charge is 0.226 e. The highest BCUT2D eigenvalue weighted by Crippen LogP contribution is 2.38. The van der Waals surface area contributed by atoms with Gasteiger partial charge in [-0.2, -0.15) is 0 Å². The Morgan fingerprint density at radius 3 is 2.88 bits per heavy atom. The minimum absolute atomic E-state index is 0.124. The highest BCUT2D eigenvalue weighted by molar-refractivity contribution is 5.84. The summed E-state index contributed by atoms with van der Waals surface area (Å²) >= 11 is 0. The zero-order chi connectivity index (χ0) is 16.6. The van der Waals surface area contributed by atoms with Gasteiger partial charge in [0.1, 0.15) is 0 Å². The number of nitrogens with one attached hydrogen (secondary N) is 1. The SMILES string of the molecule is O=C1NCC(O)CC12CCN(Cc1cccc3cccnc13)CC2. The zero-order valence-corrected chi connectivity index (χ0v) is 13.7. The largest absolute Gasteiger partial charge is 0.391 e. The first-order valence-corrected chi connectivity index (χ1v) is 8.68. The quantitative estimate of drug-likeness (QED) is 0.882. The van der Waals surface area contributed by atoms with Crippen molar-refractivity contribution in [3.05, 3.63) is 42.1 Å². The van der Waals surface area contributed by atoms with Gasteiger partial charge in [-0.3, -0.25) is 14.7 Å². The maximum atomic E-state index is 12.3. The van der Waals surface area contributed by atoms with Gasteiger partial charge in [0.05, 0.1) is 17.0 Å². The van der Waals surface area contributed by atoms with Gasteiger partial charge in [-0.1, -0.05) is 24.3 Å². The van der Waals surface area contributed by atoms with E-state index < -0.39 is 6.10 Å². The minimum atomic E-state index is -0.406. The summed E-state index contributed by atoms with van der Waals surface area (Å²) < 4.78 is 0. The van der Waals surface area contributed by atoms with Crippen molar-refractivity contribution in [1.82, 2.24) is 15.2 Å². The van der Waals surface area contributed by atoms with E-state index in [9.17, 15) is 9.90 Å². The third kappa shape index (κ3) is 2.78. The number of aromatic nitrogens is 1. The number of para-hydroxylation sites is 1. The molecule has 2 aliphatic heterocycles. The van der Waals surface area contributed by atoms with Gasteiger partial charge in [0.2, 0.25) is 5.91 Å². The summed E-state index contributed by atoms with van der Waals surface area (Å²) in [5.41, 5.74) is 1.92. The molecule has 2 aliphatic rings. The van der Waals surface area contributed by atoms with Crippen LogP contribution in [0.2, 0.25) is 0 Å². The lowest BCUT2D eigenvalue weighted by Crippen LogP contribution is -2.55. The summed E-state index contributed by atoms with van der Waals surface area (Å²) in [4.78, 5) is 19.2. The molecule has 1 spiro atoms. The van der Waals surface area contributed by atoms with Gasteiger partial charge in [-0.15, -0.1) is 0 Å². The van der Waals surface area contributed by atoms with Crippen LogP contribution in [0.5, 0.6) is 0 Å². The van der Waals surface area contributed by atoms with Crippen LogP contribution in [-0.2, 0) is 11.3 Å². The Morgan fingerprint density at radius 1 is 1.25 bits per heavy atom. The van der Waals surface area contributed by atoms with Gasteiger partial charge in [0.25, 0.3) is 0 Å². The molecular formula is C19H23N3O2. The summed E-state index contributed by atoms with van der Waals surface area (Å²) in [7, 11) is 0. The van der Waals surface area contributed by atoms with E-state index in [4.69, 9.17) is 0 Å². The number of fused-ring (bicyclic) bond motifs is 1. The van der Waals surface area contributed by atoms with E-state index in [2.05, 4.69) is 39.5 Å². The minimum Gasteiger partial charge on any atom is -0.391 e. The molecule has 1 amide bonds. The van der Waals surface area contributed by atoms with E-state index >= 15 is 0 Å². The van der Waals surface area contributed by atoms with E-state index in [1.807, 2.05) is 12.3 Å². The number of hydrogen-bond donors (Lipinski definition) is 2. The van der Waals surface area contributed by atoms with E-state index in [1.165, 1.54) is 10.9 Å². The number of benzene rings is 1. The maximum Gasteiger partial charge on any atom is 0.226 e. The van der Waals surface area contributed by atoms with Crippen LogP contribution < -0.4 is 5.32 Å². The van der Waals surface area contributed by atoms with Crippen LogP contribution >= 0.6 is 0 Å². The molecule has 0 aliphatic carbocycles. The number of likely N-dealkylation sites (tertiary alicyclic amines) is 1. The van der Waals surface area contributed by atoms with Crippen LogP contribution in [0.1, 0.15) is 24.8 Å². The fraction of sp³-hybridized carbons (Fsp3) is 0.474. The molecule has 1 aromatic heterocycles. The topological polar surface area (TPSA) is 65.5 Å². The predicted octanol–water partition coefficient (Wildman–Crippen LogP) is 1.70. The third-order valence-electron chi connectivity index (χ3n) is 5.53. The highest BCUT2D eigenvalue weighted by Gasteiger charge is 2.45. The molecule has 0 radical (unpaired) electrons. The monoisotopic (exact) mass is 325 g/mol. The Morgan fingerprint density at radius 2 is 2.04 bits per heavy atom. The van der Waals surface area contributed by atoms with E-state index in [1.54, 1.807) is 0 Å². The van der Waals surface area contributed by atoms with Crippen LogP contribution in [0, 0.1) is 5.41 Å². The van der Waals surface area contributed by atoms with Crippen molar-refractivity contribution in [3.63, 3.8) is 0 Å². The third-order valence-corrected chi connectivity index (χ3v) is 5.53. The van der Waals surface area contributed by atoms with Crippen molar-refractivity contribution in [2.24, 2.45) is 5.41 Å². The zero-order valence-electron chi connectivity index (χ0n) is 13.7. The number of pyridine rings is 1.